The number of methoxy groups -OCH3 is 1. The van der Waals surface area contributed by atoms with E-state index in [9.17, 15) is 24.3 Å². The van der Waals surface area contributed by atoms with Gasteiger partial charge < -0.3 is 24.6 Å². The number of benzene rings is 2. The van der Waals surface area contributed by atoms with Gasteiger partial charge in [-0.05, 0) is 71.4 Å². The van der Waals surface area contributed by atoms with E-state index >= 15 is 0 Å². The van der Waals surface area contributed by atoms with E-state index in [1.807, 2.05) is 66.7 Å². The zero-order chi connectivity index (χ0) is 36.8. The number of rotatable bonds is 6. The highest BCUT2D eigenvalue weighted by Crippen LogP contribution is 2.83. The van der Waals surface area contributed by atoms with E-state index in [-0.39, 0.29) is 25.3 Å². The highest BCUT2D eigenvalue weighted by Gasteiger charge is 2.93. The van der Waals surface area contributed by atoms with Gasteiger partial charge in [0.15, 0.2) is 0 Å². The van der Waals surface area contributed by atoms with Crippen LogP contribution < -0.4 is 20.2 Å². The zero-order valence-corrected chi connectivity index (χ0v) is 30.0. The Hall–Kier alpha value is -5.13. The fraction of sp³-hybridized carbons (Fsp3) is 0.475. The number of allylic oxidation sites excluding steroid dienone is 1. The third kappa shape index (κ3) is 6.66. The Bertz CT molecular complexity index is 1930. The lowest BCUT2D eigenvalue weighted by Crippen LogP contribution is -2.52. The van der Waals surface area contributed by atoms with Gasteiger partial charge in [-0.2, -0.15) is 0 Å². The van der Waals surface area contributed by atoms with E-state index < -0.39 is 58.4 Å². The summed E-state index contributed by atoms with van der Waals surface area (Å²) >= 11 is 0. The molecule has 0 radical (unpaired) electrons. The number of carbonyl (C=O) groups excluding carboxylic acids is 3. The van der Waals surface area contributed by atoms with Crippen LogP contribution in [-0.4, -0.2) is 69.9 Å². The molecule has 3 fully saturated rings. The number of pyridine rings is 1. The summed E-state index contributed by atoms with van der Waals surface area (Å²) in [6, 6.07) is 17.1. The van der Waals surface area contributed by atoms with Gasteiger partial charge in [-0.25, -0.2) is 15.2 Å². The second-order valence-corrected chi connectivity index (χ2v) is 15.5. The van der Waals surface area contributed by atoms with Crippen molar-refractivity contribution >= 4 is 34.8 Å². The maximum absolute atomic E-state index is 14.5. The van der Waals surface area contributed by atoms with Gasteiger partial charge in [-0.3, -0.25) is 19.4 Å². The molecule has 6 atom stereocenters. The van der Waals surface area contributed by atoms with Crippen LogP contribution in [0.5, 0.6) is 11.5 Å². The van der Waals surface area contributed by atoms with Crippen LogP contribution >= 0.6 is 0 Å². The number of aliphatic carboxylic acids is 1. The molecule has 1 aliphatic heterocycles. The fourth-order valence-corrected chi connectivity index (χ4v) is 8.22. The van der Waals surface area contributed by atoms with Crippen LogP contribution in [0.25, 0.3) is 22.2 Å². The molecule has 4 aliphatic rings. The van der Waals surface area contributed by atoms with Gasteiger partial charge in [0.1, 0.15) is 23.2 Å². The summed E-state index contributed by atoms with van der Waals surface area (Å²) < 4.78 is 17.7. The SMILES string of the molecule is COc1ccc2c(O[C@@H]3C[C@H]4C(=O)N[C@]56C[C@@]5(/C=C\CCCCCN(NC(=O)OC(C)(C)C)C(=O)[C@@H]4C3)C6C(=O)O)cc(-c3ccccc3)nc2c1. The lowest BCUT2D eigenvalue weighted by molar-refractivity contribution is -0.144. The minimum absolute atomic E-state index is 0.199. The van der Waals surface area contributed by atoms with E-state index in [0.717, 1.165) is 30.2 Å². The molecule has 0 spiro atoms. The van der Waals surface area contributed by atoms with Crippen LogP contribution in [0.1, 0.15) is 65.7 Å². The predicted molar refractivity (Wildman–Crippen MR) is 192 cm³/mol. The molecule has 0 bridgehead atoms. The van der Waals surface area contributed by atoms with Crippen LogP contribution in [0.15, 0.2) is 66.7 Å². The standard InChI is InChI=1S/C40H46N4O8/c1-38(2,3)52-37(49)43-44-18-12-7-5-6-11-17-39-23-40(39,33(39)36(47)48)42-34(45)28-19-26(20-29(28)35(44)46)51-32-22-30(24-13-9-8-10-14-24)41-31-21-25(50-4)15-16-27(31)32/h8-11,13-17,21-22,26,28-29,33H,5-7,12,18-20,23H2,1-4H3,(H,42,45)(H,43,49)(H,47,48)/b17-11-/t26-,28-,29-,33?,39+,40+/m1/s1. The maximum atomic E-state index is 14.5. The largest absolute Gasteiger partial charge is 0.497 e. The summed E-state index contributed by atoms with van der Waals surface area (Å²) in [7, 11) is 1.59. The molecule has 3 aromatic rings. The quantitative estimate of drug-likeness (QED) is 0.260. The minimum Gasteiger partial charge on any atom is -0.497 e. The van der Waals surface area contributed by atoms with Crippen molar-refractivity contribution in [2.75, 3.05) is 13.7 Å². The normalized spacial score (nSPS) is 29.3. The maximum Gasteiger partial charge on any atom is 0.426 e. The number of carboxylic acids is 1. The monoisotopic (exact) mass is 710 g/mol. The van der Waals surface area contributed by atoms with E-state index in [2.05, 4.69) is 10.7 Å². The summed E-state index contributed by atoms with van der Waals surface area (Å²) in [5.41, 5.74) is 2.66. The van der Waals surface area contributed by atoms with E-state index in [0.29, 0.717) is 35.6 Å². The highest BCUT2D eigenvalue weighted by molar-refractivity contribution is 5.94. The summed E-state index contributed by atoms with van der Waals surface area (Å²) in [4.78, 5) is 58.9. The summed E-state index contributed by atoms with van der Waals surface area (Å²) in [5, 5.41) is 15.2. The third-order valence-electron chi connectivity index (χ3n) is 10.9. The van der Waals surface area contributed by atoms with E-state index in [4.69, 9.17) is 19.2 Å². The van der Waals surface area contributed by atoms with Gasteiger partial charge in [0.05, 0.1) is 41.6 Å². The molecule has 3 aliphatic carbocycles. The lowest BCUT2D eigenvalue weighted by atomic mass is 9.93. The number of nitrogens with zero attached hydrogens (tertiary/aromatic N) is 2. The lowest BCUT2D eigenvalue weighted by Gasteiger charge is -2.29. The molecule has 1 unspecified atom stereocenters. The molecule has 2 heterocycles. The number of aromatic nitrogens is 1. The molecule has 12 heteroatoms. The molecule has 3 amide bonds. The molecule has 274 valence electrons. The number of hydrogen-bond donors (Lipinski definition) is 3. The first-order valence-electron chi connectivity index (χ1n) is 18.1. The second kappa shape index (κ2) is 13.4. The molecular weight excluding hydrogens is 664 g/mol. The van der Waals surface area contributed by atoms with Crippen LogP contribution in [0.4, 0.5) is 4.79 Å². The molecule has 3 N–H and O–H groups in total. The number of carboxylic acid groups (broad SMARTS) is 1. The van der Waals surface area contributed by atoms with Crippen molar-refractivity contribution in [3.8, 4) is 22.8 Å². The Morgan fingerprint density at radius 3 is 2.52 bits per heavy atom. The number of amides is 3. The number of ether oxygens (including phenoxy) is 3. The molecule has 52 heavy (non-hydrogen) atoms. The fourth-order valence-electron chi connectivity index (χ4n) is 8.22. The van der Waals surface area contributed by atoms with Crippen molar-refractivity contribution in [3.63, 3.8) is 0 Å². The summed E-state index contributed by atoms with van der Waals surface area (Å²) in [6.07, 6.45) is 6.60. The number of hydrazine groups is 1. The summed E-state index contributed by atoms with van der Waals surface area (Å²) in [6.45, 7) is 5.47. The minimum atomic E-state index is -0.944. The van der Waals surface area contributed by atoms with Gasteiger partial charge in [0.25, 0.3) is 0 Å². The number of fused-ring (bicyclic) bond motifs is 2. The molecule has 12 nitrogen and oxygen atoms in total. The van der Waals surface area contributed by atoms with Crippen molar-refractivity contribution < 1.29 is 38.5 Å². The second-order valence-electron chi connectivity index (χ2n) is 15.5. The average Bonchev–Trinajstić information content (AvgIpc) is 3.80. The van der Waals surface area contributed by atoms with Crippen molar-refractivity contribution in [2.24, 2.45) is 23.2 Å². The predicted octanol–water partition coefficient (Wildman–Crippen LogP) is 6.04. The first-order valence-corrected chi connectivity index (χ1v) is 18.1. The Labute approximate surface area is 302 Å². The zero-order valence-electron chi connectivity index (χ0n) is 30.0. The smallest absolute Gasteiger partial charge is 0.426 e. The van der Waals surface area contributed by atoms with Crippen molar-refractivity contribution in [2.45, 2.75) is 83.0 Å². The van der Waals surface area contributed by atoms with Crippen molar-refractivity contribution in [3.05, 3.63) is 66.7 Å². The van der Waals surface area contributed by atoms with Gasteiger partial charge >= 0.3 is 12.1 Å². The number of hydrogen-bond acceptors (Lipinski definition) is 8. The topological polar surface area (TPSA) is 156 Å². The van der Waals surface area contributed by atoms with Gasteiger partial charge in [0.2, 0.25) is 11.8 Å². The molecule has 2 aromatic carbocycles. The summed E-state index contributed by atoms with van der Waals surface area (Å²) in [5.74, 6) is -2.95. The van der Waals surface area contributed by atoms with Gasteiger partial charge in [-0.1, -0.05) is 48.9 Å². The van der Waals surface area contributed by atoms with E-state index in [1.165, 1.54) is 5.01 Å². The van der Waals surface area contributed by atoms with Crippen molar-refractivity contribution in [1.29, 1.82) is 0 Å². The van der Waals surface area contributed by atoms with Crippen LogP contribution in [0, 0.1) is 23.2 Å². The van der Waals surface area contributed by atoms with Gasteiger partial charge in [0, 0.05) is 35.0 Å². The van der Waals surface area contributed by atoms with Crippen LogP contribution in [0.2, 0.25) is 0 Å². The molecule has 1 aromatic heterocycles. The molecular formula is C40H46N4O8. The third-order valence-corrected chi connectivity index (χ3v) is 10.9. The average molecular weight is 711 g/mol. The highest BCUT2D eigenvalue weighted by atomic mass is 16.6. The van der Waals surface area contributed by atoms with E-state index in [1.54, 1.807) is 27.9 Å². The molecule has 7 rings (SSSR count). The van der Waals surface area contributed by atoms with Crippen LogP contribution in [0.3, 0.4) is 0 Å². The Morgan fingerprint density at radius 1 is 1.02 bits per heavy atom. The van der Waals surface area contributed by atoms with Gasteiger partial charge in [-0.15, -0.1) is 0 Å². The first-order chi connectivity index (χ1) is 24.8. The first kappa shape index (κ1) is 35.3. The number of nitrogens with one attached hydrogen (secondary N) is 2. The Morgan fingerprint density at radius 2 is 1.79 bits per heavy atom. The molecule has 3 saturated carbocycles. The van der Waals surface area contributed by atoms with Crippen LogP contribution in [-0.2, 0) is 19.1 Å². The van der Waals surface area contributed by atoms with Crippen molar-refractivity contribution in [1.82, 2.24) is 20.7 Å². The molecule has 0 saturated heterocycles. The Balaban J connectivity index is 1.22. The Kier molecular flexibility index (Phi) is 9.12. The number of carbonyl (C=O) groups is 4.